The SMILES string of the molecule is CCn1cc(C(NC)C2CCCc3ccccc32)cn1. The Bertz CT molecular complexity index is 573. The Balaban J connectivity index is 1.94. The Morgan fingerprint density at radius 1 is 1.40 bits per heavy atom. The maximum Gasteiger partial charge on any atom is 0.0537 e. The first-order valence-electron chi connectivity index (χ1n) is 7.61. The van der Waals surface area contributed by atoms with Crippen molar-refractivity contribution in [1.82, 2.24) is 15.1 Å². The van der Waals surface area contributed by atoms with Crippen LogP contribution in [0.1, 0.15) is 48.4 Å². The summed E-state index contributed by atoms with van der Waals surface area (Å²) in [6, 6.07) is 9.26. The van der Waals surface area contributed by atoms with Crippen molar-refractivity contribution in [2.75, 3.05) is 7.05 Å². The Morgan fingerprint density at radius 2 is 2.25 bits per heavy atom. The van der Waals surface area contributed by atoms with Crippen LogP contribution in [0.4, 0.5) is 0 Å². The molecule has 3 heteroatoms. The summed E-state index contributed by atoms with van der Waals surface area (Å²) in [4.78, 5) is 0. The number of hydrogen-bond donors (Lipinski definition) is 1. The fourth-order valence-electron chi connectivity index (χ4n) is 3.45. The zero-order valence-corrected chi connectivity index (χ0v) is 12.3. The van der Waals surface area contributed by atoms with Crippen molar-refractivity contribution in [2.45, 2.75) is 44.7 Å². The van der Waals surface area contributed by atoms with Crippen LogP contribution in [-0.2, 0) is 13.0 Å². The van der Waals surface area contributed by atoms with E-state index in [1.54, 1.807) is 0 Å². The fourth-order valence-corrected chi connectivity index (χ4v) is 3.45. The van der Waals surface area contributed by atoms with Gasteiger partial charge in [-0.2, -0.15) is 5.10 Å². The van der Waals surface area contributed by atoms with Gasteiger partial charge < -0.3 is 5.32 Å². The molecule has 0 spiro atoms. The molecule has 2 unspecified atom stereocenters. The highest BCUT2D eigenvalue weighted by atomic mass is 15.3. The zero-order valence-electron chi connectivity index (χ0n) is 12.3. The minimum atomic E-state index is 0.358. The summed E-state index contributed by atoms with van der Waals surface area (Å²) >= 11 is 0. The lowest BCUT2D eigenvalue weighted by Crippen LogP contribution is -2.26. The lowest BCUT2D eigenvalue weighted by molar-refractivity contribution is 0.424. The summed E-state index contributed by atoms with van der Waals surface area (Å²) in [6.07, 6.45) is 7.94. The average molecular weight is 269 g/mol. The van der Waals surface area contributed by atoms with Crippen molar-refractivity contribution >= 4 is 0 Å². The van der Waals surface area contributed by atoms with Crippen molar-refractivity contribution in [3.8, 4) is 0 Å². The molecule has 1 N–H and O–H groups in total. The molecule has 20 heavy (non-hydrogen) atoms. The van der Waals surface area contributed by atoms with Gasteiger partial charge in [-0.3, -0.25) is 4.68 Å². The van der Waals surface area contributed by atoms with Crippen molar-refractivity contribution < 1.29 is 0 Å². The van der Waals surface area contributed by atoms with Crippen molar-refractivity contribution in [3.63, 3.8) is 0 Å². The monoisotopic (exact) mass is 269 g/mol. The van der Waals surface area contributed by atoms with Crippen LogP contribution in [0.5, 0.6) is 0 Å². The normalized spacial score (nSPS) is 19.6. The van der Waals surface area contributed by atoms with Crippen molar-refractivity contribution in [1.29, 1.82) is 0 Å². The lowest BCUT2D eigenvalue weighted by atomic mass is 9.77. The van der Waals surface area contributed by atoms with Gasteiger partial charge in [0.05, 0.1) is 6.20 Å². The average Bonchev–Trinajstić information content (AvgIpc) is 2.97. The van der Waals surface area contributed by atoms with Gasteiger partial charge in [0.2, 0.25) is 0 Å². The van der Waals surface area contributed by atoms with E-state index in [0.717, 1.165) is 6.54 Å². The van der Waals surface area contributed by atoms with Crippen LogP contribution in [0.15, 0.2) is 36.7 Å². The van der Waals surface area contributed by atoms with Gasteiger partial charge in [0.15, 0.2) is 0 Å². The molecule has 1 aliphatic carbocycles. The maximum atomic E-state index is 4.43. The van der Waals surface area contributed by atoms with E-state index in [4.69, 9.17) is 0 Å². The number of rotatable bonds is 4. The van der Waals surface area contributed by atoms with Gasteiger partial charge in [-0.15, -0.1) is 0 Å². The zero-order chi connectivity index (χ0) is 13.9. The molecule has 0 aliphatic heterocycles. The summed E-state index contributed by atoms with van der Waals surface area (Å²) in [6.45, 7) is 3.05. The molecule has 0 fully saturated rings. The van der Waals surface area contributed by atoms with Gasteiger partial charge >= 0.3 is 0 Å². The lowest BCUT2D eigenvalue weighted by Gasteiger charge is -2.31. The third kappa shape index (κ3) is 2.38. The van der Waals surface area contributed by atoms with E-state index in [1.165, 1.54) is 36.0 Å². The molecule has 0 saturated carbocycles. The van der Waals surface area contributed by atoms with Gasteiger partial charge in [0.1, 0.15) is 0 Å². The van der Waals surface area contributed by atoms with E-state index < -0.39 is 0 Å². The van der Waals surface area contributed by atoms with E-state index in [0.29, 0.717) is 12.0 Å². The van der Waals surface area contributed by atoms with E-state index in [-0.39, 0.29) is 0 Å². The molecule has 1 heterocycles. The predicted molar refractivity (Wildman–Crippen MR) is 81.8 cm³/mol. The smallest absolute Gasteiger partial charge is 0.0537 e. The van der Waals surface area contributed by atoms with Gasteiger partial charge in [-0.05, 0) is 44.4 Å². The highest BCUT2D eigenvalue weighted by Crippen LogP contribution is 2.39. The van der Waals surface area contributed by atoms with Crippen LogP contribution in [0.3, 0.4) is 0 Å². The summed E-state index contributed by atoms with van der Waals surface area (Å²) in [7, 11) is 2.06. The minimum Gasteiger partial charge on any atom is -0.312 e. The first-order valence-corrected chi connectivity index (χ1v) is 7.61. The minimum absolute atomic E-state index is 0.358. The molecule has 0 bridgehead atoms. The highest BCUT2D eigenvalue weighted by molar-refractivity contribution is 5.35. The third-order valence-corrected chi connectivity index (χ3v) is 4.47. The summed E-state index contributed by atoms with van der Waals surface area (Å²) in [5.41, 5.74) is 4.34. The molecule has 1 aromatic carbocycles. The highest BCUT2D eigenvalue weighted by Gasteiger charge is 2.28. The number of likely N-dealkylation sites (N-methyl/N-ethyl adjacent to an activating group) is 1. The first kappa shape index (κ1) is 13.4. The number of nitrogens with zero attached hydrogens (tertiary/aromatic N) is 2. The number of benzene rings is 1. The molecular weight excluding hydrogens is 246 g/mol. The van der Waals surface area contributed by atoms with Gasteiger partial charge in [0.25, 0.3) is 0 Å². The topological polar surface area (TPSA) is 29.9 Å². The van der Waals surface area contributed by atoms with Gasteiger partial charge in [-0.25, -0.2) is 0 Å². The Morgan fingerprint density at radius 3 is 3.00 bits per heavy atom. The maximum absolute atomic E-state index is 4.43. The second kappa shape index (κ2) is 5.80. The molecule has 1 aromatic heterocycles. The predicted octanol–water partition coefficient (Wildman–Crippen LogP) is 3.28. The van der Waals surface area contributed by atoms with Crippen molar-refractivity contribution in [2.24, 2.45) is 0 Å². The van der Waals surface area contributed by atoms with Crippen LogP contribution in [0.25, 0.3) is 0 Å². The molecule has 0 radical (unpaired) electrons. The van der Waals surface area contributed by atoms with E-state index >= 15 is 0 Å². The molecule has 2 aromatic rings. The second-order valence-corrected chi connectivity index (χ2v) is 5.59. The summed E-state index contributed by atoms with van der Waals surface area (Å²) in [5.74, 6) is 0.555. The fraction of sp³-hybridized carbons (Fsp3) is 0.471. The molecule has 0 amide bonds. The Kier molecular flexibility index (Phi) is 3.88. The van der Waals surface area contributed by atoms with E-state index in [2.05, 4.69) is 54.8 Å². The molecule has 3 nitrogen and oxygen atoms in total. The molecule has 106 valence electrons. The van der Waals surface area contributed by atoms with E-state index in [9.17, 15) is 0 Å². The number of aromatic nitrogens is 2. The summed E-state index contributed by atoms with van der Waals surface area (Å²) < 4.78 is 2.01. The molecular formula is C17H23N3. The third-order valence-electron chi connectivity index (χ3n) is 4.47. The Hall–Kier alpha value is -1.61. The first-order chi connectivity index (χ1) is 9.83. The van der Waals surface area contributed by atoms with Gasteiger partial charge in [0, 0.05) is 30.3 Å². The molecule has 1 aliphatic rings. The van der Waals surface area contributed by atoms with E-state index in [1.807, 2.05) is 10.9 Å². The number of fused-ring (bicyclic) bond motifs is 1. The van der Waals surface area contributed by atoms with Crippen LogP contribution in [0.2, 0.25) is 0 Å². The molecule has 2 atom stereocenters. The van der Waals surface area contributed by atoms with Crippen LogP contribution < -0.4 is 5.32 Å². The molecule has 0 saturated heterocycles. The van der Waals surface area contributed by atoms with Crippen LogP contribution in [0, 0.1) is 0 Å². The van der Waals surface area contributed by atoms with Crippen LogP contribution >= 0.6 is 0 Å². The largest absolute Gasteiger partial charge is 0.312 e. The molecule has 3 rings (SSSR count). The number of hydrogen-bond acceptors (Lipinski definition) is 2. The van der Waals surface area contributed by atoms with Crippen molar-refractivity contribution in [3.05, 3.63) is 53.3 Å². The quantitative estimate of drug-likeness (QED) is 0.923. The van der Waals surface area contributed by atoms with Crippen LogP contribution in [-0.4, -0.2) is 16.8 Å². The number of nitrogens with one attached hydrogen (secondary N) is 1. The number of aryl methyl sites for hydroxylation is 2. The summed E-state index contributed by atoms with van der Waals surface area (Å²) in [5, 5.41) is 7.94. The standard InChI is InChI=1S/C17H23N3/c1-3-20-12-14(11-19-20)17(18-2)16-10-6-8-13-7-4-5-9-15(13)16/h4-5,7,9,11-12,16-18H,3,6,8,10H2,1-2H3. The van der Waals surface area contributed by atoms with Gasteiger partial charge in [-0.1, -0.05) is 24.3 Å². The Labute approximate surface area is 121 Å². The second-order valence-electron chi connectivity index (χ2n) is 5.59.